The second kappa shape index (κ2) is 6.33. The van der Waals surface area contributed by atoms with Crippen LogP contribution in [-0.4, -0.2) is 12.9 Å². The summed E-state index contributed by atoms with van der Waals surface area (Å²) >= 11 is 0. The van der Waals surface area contributed by atoms with Gasteiger partial charge in [0.25, 0.3) is 0 Å². The molecule has 0 N–H and O–H groups in total. The van der Waals surface area contributed by atoms with Gasteiger partial charge >= 0.3 is 0 Å². The van der Waals surface area contributed by atoms with E-state index in [1.54, 1.807) is 7.11 Å². The summed E-state index contributed by atoms with van der Waals surface area (Å²) in [7, 11) is 1.63. The quantitative estimate of drug-likeness (QED) is 0.817. The van der Waals surface area contributed by atoms with Crippen LogP contribution in [-0.2, 0) is 9.53 Å². The molecule has 0 saturated heterocycles. The van der Waals surface area contributed by atoms with Crippen molar-refractivity contribution in [3.8, 4) is 0 Å². The first-order valence-corrected chi connectivity index (χ1v) is 7.25. The third kappa shape index (κ3) is 3.24. The Kier molecular flexibility index (Phi) is 4.76. The fourth-order valence-electron chi connectivity index (χ4n) is 3.06. The topological polar surface area (TPSA) is 26.3 Å². The molecule has 1 fully saturated rings. The van der Waals surface area contributed by atoms with Gasteiger partial charge < -0.3 is 4.74 Å². The predicted molar refractivity (Wildman–Crippen MR) is 76.9 cm³/mol. The van der Waals surface area contributed by atoms with Crippen molar-refractivity contribution in [2.45, 2.75) is 39.2 Å². The SMILES string of the molecule is COC(C(=O)C1CCC(C)C(C)C1)c1ccccc1. The number of benzene rings is 1. The number of rotatable bonds is 4. The molecule has 4 unspecified atom stereocenters. The zero-order chi connectivity index (χ0) is 13.8. The first-order valence-electron chi connectivity index (χ1n) is 7.25. The monoisotopic (exact) mass is 260 g/mol. The lowest BCUT2D eigenvalue weighted by molar-refractivity contribution is -0.135. The molecule has 19 heavy (non-hydrogen) atoms. The fraction of sp³-hybridized carbons (Fsp3) is 0.588. The Bertz CT molecular complexity index is 413. The Morgan fingerprint density at radius 2 is 1.84 bits per heavy atom. The maximum atomic E-state index is 12.7. The average Bonchev–Trinajstić information content (AvgIpc) is 2.44. The molecular weight excluding hydrogens is 236 g/mol. The van der Waals surface area contributed by atoms with Crippen molar-refractivity contribution in [2.24, 2.45) is 17.8 Å². The van der Waals surface area contributed by atoms with Crippen LogP contribution in [0.3, 0.4) is 0 Å². The number of hydrogen-bond acceptors (Lipinski definition) is 2. The highest BCUT2D eigenvalue weighted by molar-refractivity contribution is 5.86. The molecule has 1 aliphatic carbocycles. The van der Waals surface area contributed by atoms with Gasteiger partial charge in [-0.1, -0.05) is 44.2 Å². The van der Waals surface area contributed by atoms with Gasteiger partial charge in [-0.25, -0.2) is 0 Å². The number of methoxy groups -OCH3 is 1. The van der Waals surface area contributed by atoms with Crippen LogP contribution in [0.2, 0.25) is 0 Å². The summed E-state index contributed by atoms with van der Waals surface area (Å²) < 4.78 is 5.46. The van der Waals surface area contributed by atoms with Gasteiger partial charge in [-0.3, -0.25) is 4.79 Å². The van der Waals surface area contributed by atoms with E-state index in [2.05, 4.69) is 13.8 Å². The van der Waals surface area contributed by atoms with Crippen LogP contribution < -0.4 is 0 Å². The average molecular weight is 260 g/mol. The van der Waals surface area contributed by atoms with Crippen molar-refractivity contribution in [1.82, 2.24) is 0 Å². The van der Waals surface area contributed by atoms with Crippen molar-refractivity contribution < 1.29 is 9.53 Å². The second-order valence-electron chi connectivity index (χ2n) is 5.89. The van der Waals surface area contributed by atoms with Gasteiger partial charge in [-0.15, -0.1) is 0 Å². The highest BCUT2D eigenvalue weighted by Gasteiger charge is 2.33. The van der Waals surface area contributed by atoms with Gasteiger partial charge in [-0.05, 0) is 36.7 Å². The Morgan fingerprint density at radius 3 is 2.42 bits per heavy atom. The number of ketones is 1. The Hall–Kier alpha value is -1.15. The van der Waals surface area contributed by atoms with Crippen molar-refractivity contribution in [3.05, 3.63) is 35.9 Å². The van der Waals surface area contributed by atoms with Crippen LogP contribution in [0.5, 0.6) is 0 Å². The van der Waals surface area contributed by atoms with E-state index in [0.717, 1.165) is 30.7 Å². The van der Waals surface area contributed by atoms with Gasteiger partial charge in [0.1, 0.15) is 6.10 Å². The first kappa shape index (κ1) is 14.3. The van der Waals surface area contributed by atoms with E-state index < -0.39 is 6.10 Å². The minimum atomic E-state index is -0.396. The minimum absolute atomic E-state index is 0.163. The Morgan fingerprint density at radius 1 is 1.16 bits per heavy atom. The van der Waals surface area contributed by atoms with E-state index in [9.17, 15) is 4.79 Å². The molecule has 4 atom stereocenters. The third-order valence-corrected chi connectivity index (χ3v) is 4.60. The molecular formula is C17H24O2. The molecule has 0 spiro atoms. The molecule has 2 rings (SSSR count). The molecule has 1 aromatic carbocycles. The van der Waals surface area contributed by atoms with Crippen molar-refractivity contribution in [1.29, 1.82) is 0 Å². The zero-order valence-corrected chi connectivity index (χ0v) is 12.1. The summed E-state index contributed by atoms with van der Waals surface area (Å²) in [6, 6.07) is 9.83. The largest absolute Gasteiger partial charge is 0.369 e. The van der Waals surface area contributed by atoms with E-state index in [1.165, 1.54) is 0 Å². The van der Waals surface area contributed by atoms with Gasteiger partial charge in [0, 0.05) is 13.0 Å². The molecule has 0 radical (unpaired) electrons. The lowest BCUT2D eigenvalue weighted by Crippen LogP contribution is -2.30. The summed E-state index contributed by atoms with van der Waals surface area (Å²) in [5.74, 6) is 1.79. The number of Topliss-reactive ketones (excluding diaryl/α,β-unsaturated/α-hetero) is 1. The van der Waals surface area contributed by atoms with Crippen molar-refractivity contribution >= 4 is 5.78 Å². The van der Waals surface area contributed by atoms with E-state index in [-0.39, 0.29) is 11.7 Å². The summed E-state index contributed by atoms with van der Waals surface area (Å²) in [5, 5.41) is 0. The molecule has 0 bridgehead atoms. The van der Waals surface area contributed by atoms with E-state index in [4.69, 9.17) is 4.74 Å². The summed E-state index contributed by atoms with van der Waals surface area (Å²) in [6.07, 6.45) is 2.78. The summed E-state index contributed by atoms with van der Waals surface area (Å²) in [4.78, 5) is 12.7. The lowest BCUT2D eigenvalue weighted by Gasteiger charge is -2.32. The van der Waals surface area contributed by atoms with Crippen molar-refractivity contribution in [2.75, 3.05) is 7.11 Å². The van der Waals surface area contributed by atoms with E-state index >= 15 is 0 Å². The standard InChI is InChI=1S/C17H24O2/c1-12-9-10-15(11-13(12)2)16(18)17(19-3)14-7-5-4-6-8-14/h4-8,12-13,15,17H,9-11H2,1-3H3. The molecule has 104 valence electrons. The number of carbonyl (C=O) groups is 1. The van der Waals surface area contributed by atoms with Crippen LogP contribution in [0.25, 0.3) is 0 Å². The second-order valence-corrected chi connectivity index (χ2v) is 5.89. The van der Waals surface area contributed by atoms with Gasteiger partial charge in [0.2, 0.25) is 0 Å². The molecule has 0 aromatic heterocycles. The van der Waals surface area contributed by atoms with Gasteiger partial charge in [-0.2, -0.15) is 0 Å². The number of carbonyl (C=O) groups excluding carboxylic acids is 1. The predicted octanol–water partition coefficient (Wildman–Crippen LogP) is 4.02. The number of ether oxygens (including phenoxy) is 1. The molecule has 0 heterocycles. The lowest BCUT2D eigenvalue weighted by atomic mass is 9.73. The normalized spacial score (nSPS) is 28.9. The van der Waals surface area contributed by atoms with E-state index in [0.29, 0.717) is 5.92 Å². The maximum absolute atomic E-state index is 12.7. The third-order valence-electron chi connectivity index (χ3n) is 4.60. The molecule has 2 nitrogen and oxygen atoms in total. The molecule has 1 aliphatic rings. The highest BCUT2D eigenvalue weighted by atomic mass is 16.5. The molecule has 1 saturated carbocycles. The van der Waals surface area contributed by atoms with Crippen molar-refractivity contribution in [3.63, 3.8) is 0 Å². The zero-order valence-electron chi connectivity index (χ0n) is 12.1. The van der Waals surface area contributed by atoms with Crippen LogP contribution in [0.1, 0.15) is 44.8 Å². The smallest absolute Gasteiger partial charge is 0.169 e. The van der Waals surface area contributed by atoms with Gasteiger partial charge in [0.15, 0.2) is 5.78 Å². The highest BCUT2D eigenvalue weighted by Crippen LogP contribution is 2.36. The van der Waals surface area contributed by atoms with Crippen LogP contribution in [0.15, 0.2) is 30.3 Å². The number of hydrogen-bond donors (Lipinski definition) is 0. The Labute approximate surface area is 116 Å². The fourth-order valence-corrected chi connectivity index (χ4v) is 3.06. The molecule has 2 heteroatoms. The van der Waals surface area contributed by atoms with Crippen LogP contribution >= 0.6 is 0 Å². The summed E-state index contributed by atoms with van der Waals surface area (Å²) in [5.41, 5.74) is 0.973. The first-order chi connectivity index (χ1) is 9.13. The molecule has 1 aromatic rings. The molecule has 0 amide bonds. The Balaban J connectivity index is 2.09. The molecule has 0 aliphatic heterocycles. The summed E-state index contributed by atoms with van der Waals surface area (Å²) in [6.45, 7) is 4.55. The minimum Gasteiger partial charge on any atom is -0.369 e. The maximum Gasteiger partial charge on any atom is 0.169 e. The van der Waals surface area contributed by atoms with Gasteiger partial charge in [0.05, 0.1) is 0 Å². The van der Waals surface area contributed by atoms with Crippen LogP contribution in [0.4, 0.5) is 0 Å². The van der Waals surface area contributed by atoms with Crippen LogP contribution in [0, 0.1) is 17.8 Å². The van der Waals surface area contributed by atoms with E-state index in [1.807, 2.05) is 30.3 Å².